The lowest BCUT2D eigenvalue weighted by molar-refractivity contribution is 0.596. The maximum atomic E-state index is 11.1. The van der Waals surface area contributed by atoms with Gasteiger partial charge < -0.3 is 0 Å². The first-order chi connectivity index (χ1) is 5.02. The van der Waals surface area contributed by atoms with Crippen LogP contribution in [0.25, 0.3) is 0 Å². The van der Waals surface area contributed by atoms with Crippen molar-refractivity contribution in [2.75, 3.05) is 0 Å². The molecule has 0 saturated carbocycles. The van der Waals surface area contributed by atoms with E-state index in [2.05, 4.69) is 0 Å². The third kappa shape index (κ3) is 2.41. The third-order valence-corrected chi connectivity index (χ3v) is 3.87. The molecule has 1 aliphatic rings. The lowest BCUT2D eigenvalue weighted by Crippen LogP contribution is -1.97. The van der Waals surface area contributed by atoms with Gasteiger partial charge in [-0.25, -0.2) is 0 Å². The first-order valence-electron chi connectivity index (χ1n) is 2.92. The van der Waals surface area contributed by atoms with Crippen molar-refractivity contribution in [2.45, 2.75) is 6.42 Å². The van der Waals surface area contributed by atoms with Crippen LogP contribution in [0.2, 0.25) is 0 Å². The smallest absolute Gasteiger partial charge is 0.283 e. The van der Waals surface area contributed by atoms with E-state index in [1.807, 2.05) is 6.08 Å². The van der Waals surface area contributed by atoms with Crippen molar-refractivity contribution in [3.8, 4) is 0 Å². The molecular formula is C6H5Cl2OPS. The summed E-state index contributed by atoms with van der Waals surface area (Å²) in [5.41, 5.74) is 0. The summed E-state index contributed by atoms with van der Waals surface area (Å²) in [4.78, 5) is 0.570. The zero-order valence-electron chi connectivity index (χ0n) is 5.46. The first-order valence-corrected chi connectivity index (χ1v) is 6.84. The highest BCUT2D eigenvalue weighted by Crippen LogP contribution is 2.64. The minimum absolute atomic E-state index is 0.401. The number of halogens is 2. The predicted molar refractivity (Wildman–Crippen MR) is 53.8 cm³/mol. The molecule has 5 heteroatoms. The monoisotopic (exact) mass is 226 g/mol. The van der Waals surface area contributed by atoms with Gasteiger partial charge in [-0.3, -0.25) is 4.57 Å². The summed E-state index contributed by atoms with van der Waals surface area (Å²) in [5, 5.41) is 0.401. The number of rotatable bonds is 1. The van der Waals surface area contributed by atoms with E-state index in [9.17, 15) is 4.57 Å². The Balaban J connectivity index is 3.03. The molecule has 1 nitrogen and oxygen atoms in total. The number of hydrogen-bond acceptors (Lipinski definition) is 2. The Morgan fingerprint density at radius 2 is 2.18 bits per heavy atom. The van der Waals surface area contributed by atoms with Crippen LogP contribution < -0.4 is 0 Å². The maximum Gasteiger partial charge on any atom is 0.283 e. The molecule has 0 spiro atoms. The fourth-order valence-corrected chi connectivity index (χ4v) is 3.21. The van der Waals surface area contributed by atoms with Crippen molar-refractivity contribution < 1.29 is 4.57 Å². The van der Waals surface area contributed by atoms with Gasteiger partial charge in [0.15, 0.2) is 0 Å². The van der Waals surface area contributed by atoms with E-state index < -0.39 is 5.85 Å². The first kappa shape index (κ1) is 9.47. The van der Waals surface area contributed by atoms with E-state index in [1.54, 1.807) is 12.2 Å². The molecule has 0 aromatic heterocycles. The van der Waals surface area contributed by atoms with Crippen LogP contribution >= 0.6 is 40.5 Å². The van der Waals surface area contributed by atoms with Crippen molar-refractivity contribution in [1.29, 1.82) is 0 Å². The van der Waals surface area contributed by atoms with Crippen LogP contribution in [0.15, 0.2) is 23.5 Å². The Bertz CT molecular complexity index is 289. The summed E-state index contributed by atoms with van der Waals surface area (Å²) in [7, 11) is 0. The molecule has 1 rings (SSSR count). The van der Waals surface area contributed by atoms with Gasteiger partial charge in [-0.2, -0.15) is 0 Å². The molecule has 0 aliphatic heterocycles. The van der Waals surface area contributed by atoms with Gasteiger partial charge in [0, 0.05) is 11.3 Å². The third-order valence-electron chi connectivity index (χ3n) is 1.26. The van der Waals surface area contributed by atoms with E-state index in [-0.39, 0.29) is 0 Å². The number of allylic oxidation sites excluding steroid dienone is 4. The standard InChI is InChI=1S/C6H5Cl2OPS/c7-10(8,9)5-3-1-2-4-6(5)11/h1-3H,4H2. The number of hydrogen-bond donors (Lipinski definition) is 0. The second-order valence-electron chi connectivity index (χ2n) is 2.07. The predicted octanol–water partition coefficient (Wildman–Crippen LogP) is 3.87. The fraction of sp³-hybridized carbons (Fsp3) is 0.167. The van der Waals surface area contributed by atoms with Crippen LogP contribution in [0.5, 0.6) is 0 Å². The van der Waals surface area contributed by atoms with E-state index >= 15 is 0 Å². The minimum atomic E-state index is -3.18. The van der Waals surface area contributed by atoms with Gasteiger partial charge in [0.1, 0.15) is 0 Å². The molecule has 0 fully saturated rings. The molecule has 60 valence electrons. The molecule has 1 aliphatic carbocycles. The van der Waals surface area contributed by atoms with E-state index in [0.717, 1.165) is 0 Å². The average Bonchev–Trinajstić information content (AvgIpc) is 1.86. The lowest BCUT2D eigenvalue weighted by atomic mass is 10.2. The number of thiocarbonyl (C=S) groups is 1. The van der Waals surface area contributed by atoms with Crippen molar-refractivity contribution in [3.05, 3.63) is 23.5 Å². The molecule has 0 unspecified atom stereocenters. The summed E-state index contributed by atoms with van der Waals surface area (Å²) in [6.45, 7) is 0. The van der Waals surface area contributed by atoms with Crippen LogP contribution in [-0.4, -0.2) is 4.86 Å². The van der Waals surface area contributed by atoms with Crippen LogP contribution in [0.4, 0.5) is 0 Å². The summed E-state index contributed by atoms with van der Waals surface area (Å²) >= 11 is 15.8. The van der Waals surface area contributed by atoms with Crippen molar-refractivity contribution >= 4 is 45.4 Å². The maximum absolute atomic E-state index is 11.1. The summed E-state index contributed by atoms with van der Waals surface area (Å²) < 4.78 is 11.1. The van der Waals surface area contributed by atoms with Crippen molar-refractivity contribution in [2.24, 2.45) is 0 Å². The molecule has 0 heterocycles. The van der Waals surface area contributed by atoms with E-state index in [4.69, 9.17) is 34.7 Å². The molecule has 0 amide bonds. The molecule has 0 aromatic rings. The second kappa shape index (κ2) is 3.40. The van der Waals surface area contributed by atoms with Gasteiger partial charge in [0.2, 0.25) is 0 Å². The van der Waals surface area contributed by atoms with Gasteiger partial charge in [-0.15, -0.1) is 0 Å². The Morgan fingerprint density at radius 3 is 2.55 bits per heavy atom. The summed E-state index contributed by atoms with van der Waals surface area (Å²) in [6, 6.07) is 0. The topological polar surface area (TPSA) is 17.1 Å². The molecule has 0 aromatic carbocycles. The second-order valence-corrected chi connectivity index (χ2v) is 7.34. The van der Waals surface area contributed by atoms with Gasteiger partial charge in [-0.1, -0.05) is 24.4 Å². The van der Waals surface area contributed by atoms with Gasteiger partial charge >= 0.3 is 0 Å². The molecule has 0 N–H and O–H groups in total. The molecular weight excluding hydrogens is 222 g/mol. The van der Waals surface area contributed by atoms with Gasteiger partial charge in [0.25, 0.3) is 5.85 Å². The quantitative estimate of drug-likeness (QED) is 0.499. The highest BCUT2D eigenvalue weighted by Gasteiger charge is 2.24. The van der Waals surface area contributed by atoms with Crippen molar-refractivity contribution in [3.63, 3.8) is 0 Å². The molecule has 0 atom stereocenters. The highest BCUT2D eigenvalue weighted by molar-refractivity contribution is 8.12. The Morgan fingerprint density at radius 1 is 1.55 bits per heavy atom. The van der Waals surface area contributed by atoms with Crippen LogP contribution in [0.1, 0.15) is 6.42 Å². The average molecular weight is 227 g/mol. The SMILES string of the molecule is O=P(Cl)(Cl)C1=CC=CCC1=S. The van der Waals surface area contributed by atoms with Crippen LogP contribution in [0.3, 0.4) is 0 Å². The summed E-state index contributed by atoms with van der Waals surface area (Å²) in [5.74, 6) is -3.18. The Kier molecular flexibility index (Phi) is 2.93. The van der Waals surface area contributed by atoms with Gasteiger partial charge in [-0.05, 0) is 28.6 Å². The zero-order chi connectivity index (χ0) is 8.48. The fourth-order valence-electron chi connectivity index (χ4n) is 0.764. The van der Waals surface area contributed by atoms with E-state index in [0.29, 0.717) is 16.6 Å². The molecule has 0 saturated heterocycles. The van der Waals surface area contributed by atoms with Crippen LogP contribution in [-0.2, 0) is 4.57 Å². The zero-order valence-corrected chi connectivity index (χ0v) is 8.68. The Hall–Kier alpha value is 0.380. The van der Waals surface area contributed by atoms with Crippen molar-refractivity contribution in [1.82, 2.24) is 0 Å². The Labute approximate surface area is 80.0 Å². The van der Waals surface area contributed by atoms with Crippen LogP contribution in [0, 0.1) is 0 Å². The lowest BCUT2D eigenvalue weighted by Gasteiger charge is -2.09. The normalized spacial score (nSPS) is 18.4. The van der Waals surface area contributed by atoms with E-state index in [1.165, 1.54) is 0 Å². The molecule has 0 bridgehead atoms. The summed E-state index contributed by atoms with van der Waals surface area (Å²) in [6.07, 6.45) is 5.83. The molecule has 11 heavy (non-hydrogen) atoms. The molecule has 0 radical (unpaired) electrons. The largest absolute Gasteiger partial charge is 0.284 e. The highest BCUT2D eigenvalue weighted by atomic mass is 35.9. The minimum Gasteiger partial charge on any atom is -0.284 e. The van der Waals surface area contributed by atoms with Gasteiger partial charge in [0.05, 0.1) is 5.31 Å².